The molecule has 256 valence electrons. The number of amides is 1. The number of alkyl halides is 6. The van der Waals surface area contributed by atoms with E-state index in [1.54, 1.807) is 7.05 Å². The van der Waals surface area contributed by atoms with Crippen molar-refractivity contribution in [2.75, 3.05) is 26.8 Å². The lowest BCUT2D eigenvalue weighted by molar-refractivity contribution is -0.138. The van der Waals surface area contributed by atoms with E-state index in [4.69, 9.17) is 4.74 Å². The molecule has 0 heterocycles. The highest BCUT2D eigenvalue weighted by Gasteiger charge is 2.32. The Bertz CT molecular complexity index is 1560. The summed E-state index contributed by atoms with van der Waals surface area (Å²) in [6.45, 7) is -0.318. The van der Waals surface area contributed by atoms with Crippen molar-refractivity contribution >= 4 is 5.91 Å². The Morgan fingerprint density at radius 2 is 1.21 bits per heavy atom. The average Bonchev–Trinajstić information content (AvgIpc) is 3.07. The minimum Gasteiger partial charge on any atom is -0.490 e. The highest BCUT2D eigenvalue weighted by Crippen LogP contribution is 2.43. The quantitative estimate of drug-likeness (QED) is 0.101. The molecular formula is C38H39F6NO3. The van der Waals surface area contributed by atoms with Crippen LogP contribution in [0.3, 0.4) is 0 Å². The van der Waals surface area contributed by atoms with Gasteiger partial charge in [0.25, 0.3) is 5.91 Å². The predicted molar refractivity (Wildman–Crippen MR) is 175 cm³/mol. The third-order valence-corrected chi connectivity index (χ3v) is 8.07. The summed E-state index contributed by atoms with van der Waals surface area (Å²) in [5.74, 6) is -0.484. The first kappa shape index (κ1) is 36.5. The van der Waals surface area contributed by atoms with Crippen LogP contribution in [0.5, 0.6) is 5.75 Å². The van der Waals surface area contributed by atoms with E-state index in [1.165, 1.54) is 46.9 Å². The lowest BCUT2D eigenvalue weighted by Crippen LogP contribution is -2.28. The van der Waals surface area contributed by atoms with Crippen molar-refractivity contribution < 1.29 is 41.0 Å². The zero-order chi connectivity index (χ0) is 34.7. The largest absolute Gasteiger partial charge is 0.490 e. The Hall–Kier alpha value is -4.31. The van der Waals surface area contributed by atoms with E-state index in [-0.39, 0.29) is 40.2 Å². The molecule has 0 fully saturated rings. The lowest BCUT2D eigenvalue weighted by atomic mass is 9.92. The molecule has 0 spiro atoms. The lowest BCUT2D eigenvalue weighted by Gasteiger charge is -2.22. The van der Waals surface area contributed by atoms with Crippen molar-refractivity contribution in [1.82, 2.24) is 4.90 Å². The SMILES string of the molecule is CN(CCCCCCCCc1ccccc1)C(=O)c1cc(-c2cccc(C(F)(F)F)c2)c(OCCO)c(-c2cccc(C(F)(F)F)c2)c1. The van der Waals surface area contributed by atoms with Crippen LogP contribution < -0.4 is 4.74 Å². The summed E-state index contributed by atoms with van der Waals surface area (Å²) in [5, 5.41) is 9.49. The summed E-state index contributed by atoms with van der Waals surface area (Å²) in [5.41, 5.74) is -0.225. The number of nitrogens with zero attached hydrogens (tertiary/aromatic N) is 1. The van der Waals surface area contributed by atoms with Gasteiger partial charge in [-0.1, -0.05) is 80.3 Å². The fourth-order valence-electron chi connectivity index (χ4n) is 5.56. The summed E-state index contributed by atoms with van der Waals surface area (Å²) < 4.78 is 87.8. The maximum absolute atomic E-state index is 13.7. The molecule has 4 aromatic carbocycles. The number of rotatable bonds is 15. The fourth-order valence-corrected chi connectivity index (χ4v) is 5.56. The van der Waals surface area contributed by atoms with Gasteiger partial charge in [-0.25, -0.2) is 0 Å². The number of aliphatic hydroxyl groups is 1. The summed E-state index contributed by atoms with van der Waals surface area (Å²) in [6.07, 6.45) is -2.38. The topological polar surface area (TPSA) is 49.8 Å². The molecule has 1 N–H and O–H groups in total. The second kappa shape index (κ2) is 16.7. The summed E-state index contributed by atoms with van der Waals surface area (Å²) in [6, 6.07) is 21.9. The average molecular weight is 672 g/mol. The first-order chi connectivity index (χ1) is 22.9. The van der Waals surface area contributed by atoms with Gasteiger partial charge in [-0.2, -0.15) is 26.3 Å². The monoisotopic (exact) mass is 671 g/mol. The zero-order valence-electron chi connectivity index (χ0n) is 26.7. The number of carbonyl (C=O) groups excluding carboxylic acids is 1. The number of halogens is 6. The number of hydrogen-bond acceptors (Lipinski definition) is 3. The zero-order valence-corrected chi connectivity index (χ0v) is 26.7. The minimum atomic E-state index is -4.67. The van der Waals surface area contributed by atoms with Crippen molar-refractivity contribution in [2.45, 2.75) is 57.3 Å². The minimum absolute atomic E-state index is 0.0471. The molecule has 10 heteroatoms. The van der Waals surface area contributed by atoms with Gasteiger partial charge >= 0.3 is 12.4 Å². The van der Waals surface area contributed by atoms with E-state index in [0.29, 0.717) is 6.54 Å². The molecular weight excluding hydrogens is 632 g/mol. The van der Waals surface area contributed by atoms with Crippen LogP contribution in [0.2, 0.25) is 0 Å². The number of hydrogen-bond donors (Lipinski definition) is 1. The Morgan fingerprint density at radius 3 is 1.73 bits per heavy atom. The fraction of sp³-hybridized carbons (Fsp3) is 0.342. The number of aliphatic hydroxyl groups excluding tert-OH is 1. The molecule has 4 aromatic rings. The van der Waals surface area contributed by atoms with Crippen molar-refractivity contribution in [2.24, 2.45) is 0 Å². The second-order valence-electron chi connectivity index (χ2n) is 11.7. The molecule has 0 unspecified atom stereocenters. The van der Waals surface area contributed by atoms with Crippen LogP contribution in [0.4, 0.5) is 26.3 Å². The van der Waals surface area contributed by atoms with Gasteiger partial charge in [-0.3, -0.25) is 4.79 Å². The highest BCUT2D eigenvalue weighted by molar-refractivity contribution is 5.99. The van der Waals surface area contributed by atoms with Crippen molar-refractivity contribution in [3.63, 3.8) is 0 Å². The molecule has 0 bridgehead atoms. The second-order valence-corrected chi connectivity index (χ2v) is 11.7. The van der Waals surface area contributed by atoms with Gasteiger partial charge in [0, 0.05) is 30.3 Å². The predicted octanol–water partition coefficient (Wildman–Crippen LogP) is 10.1. The highest BCUT2D eigenvalue weighted by atomic mass is 19.4. The normalized spacial score (nSPS) is 11.8. The molecule has 0 saturated heterocycles. The molecule has 48 heavy (non-hydrogen) atoms. The Balaban J connectivity index is 1.59. The number of unbranched alkanes of at least 4 members (excludes halogenated alkanes) is 5. The standard InChI is InChI=1S/C38H39F6NO3/c1-45(20-10-5-3-2-4-7-13-27-14-8-6-9-15-27)36(47)30-25-33(28-16-11-18-31(23-28)37(39,40)41)35(48-22-21-46)34(26-30)29-17-12-19-32(24-29)38(42,43)44/h6,8-9,11-12,14-19,23-26,46H,2-5,7,10,13,20-22H2,1H3. The molecule has 0 aliphatic heterocycles. The van der Waals surface area contributed by atoms with E-state index >= 15 is 0 Å². The number of ether oxygens (including phenoxy) is 1. The van der Waals surface area contributed by atoms with E-state index in [2.05, 4.69) is 12.1 Å². The van der Waals surface area contributed by atoms with Gasteiger partial charge in [0.1, 0.15) is 12.4 Å². The van der Waals surface area contributed by atoms with Crippen molar-refractivity contribution in [1.29, 1.82) is 0 Å². The number of aryl methyl sites for hydroxylation is 1. The first-order valence-corrected chi connectivity index (χ1v) is 15.9. The van der Waals surface area contributed by atoms with E-state index in [0.717, 1.165) is 69.2 Å². The Labute approximate surface area is 277 Å². The van der Waals surface area contributed by atoms with Crippen LogP contribution in [0, 0.1) is 0 Å². The first-order valence-electron chi connectivity index (χ1n) is 15.9. The van der Waals surface area contributed by atoms with Gasteiger partial charge in [0.15, 0.2) is 0 Å². The van der Waals surface area contributed by atoms with Gasteiger partial charge in [-0.05, 0) is 72.4 Å². The van der Waals surface area contributed by atoms with Gasteiger partial charge in [-0.15, -0.1) is 0 Å². The van der Waals surface area contributed by atoms with Crippen LogP contribution >= 0.6 is 0 Å². The third kappa shape index (κ3) is 10.1. The maximum atomic E-state index is 13.7. The van der Waals surface area contributed by atoms with Gasteiger partial charge in [0.2, 0.25) is 0 Å². The van der Waals surface area contributed by atoms with E-state index in [1.807, 2.05) is 18.2 Å². The van der Waals surface area contributed by atoms with Crippen LogP contribution in [-0.4, -0.2) is 42.7 Å². The summed E-state index contributed by atoms with van der Waals surface area (Å²) in [7, 11) is 1.62. The molecule has 0 aliphatic carbocycles. The van der Waals surface area contributed by atoms with Crippen LogP contribution in [0.25, 0.3) is 22.3 Å². The molecule has 0 saturated carbocycles. The molecule has 4 nitrogen and oxygen atoms in total. The van der Waals surface area contributed by atoms with E-state index in [9.17, 15) is 36.2 Å². The molecule has 0 aliphatic rings. The van der Waals surface area contributed by atoms with Crippen LogP contribution in [-0.2, 0) is 18.8 Å². The van der Waals surface area contributed by atoms with Crippen molar-refractivity contribution in [3.8, 4) is 28.0 Å². The smallest absolute Gasteiger partial charge is 0.416 e. The number of carbonyl (C=O) groups is 1. The third-order valence-electron chi connectivity index (χ3n) is 8.07. The van der Waals surface area contributed by atoms with Crippen LogP contribution in [0.15, 0.2) is 91.0 Å². The molecule has 0 aromatic heterocycles. The molecule has 0 radical (unpaired) electrons. The van der Waals surface area contributed by atoms with E-state index < -0.39 is 36.0 Å². The Morgan fingerprint density at radius 1 is 0.688 bits per heavy atom. The molecule has 1 amide bonds. The number of benzene rings is 4. The molecule has 0 atom stereocenters. The molecule has 4 rings (SSSR count). The maximum Gasteiger partial charge on any atom is 0.416 e. The Kier molecular flexibility index (Phi) is 12.7. The van der Waals surface area contributed by atoms with Crippen LogP contribution in [0.1, 0.15) is 65.6 Å². The summed E-state index contributed by atoms with van der Waals surface area (Å²) >= 11 is 0. The van der Waals surface area contributed by atoms with Crippen molar-refractivity contribution in [3.05, 3.63) is 113 Å². The summed E-state index contributed by atoms with van der Waals surface area (Å²) in [4.78, 5) is 15.2. The van der Waals surface area contributed by atoms with Gasteiger partial charge in [0.05, 0.1) is 17.7 Å². The van der Waals surface area contributed by atoms with Gasteiger partial charge < -0.3 is 14.7 Å².